The first-order chi connectivity index (χ1) is 14.1. The van der Waals surface area contributed by atoms with E-state index >= 15 is 0 Å². The average Bonchev–Trinajstić information content (AvgIpc) is 2.75. The third-order valence-electron chi connectivity index (χ3n) is 5.93. The van der Waals surface area contributed by atoms with Gasteiger partial charge in [0, 0.05) is 41.7 Å². The van der Waals surface area contributed by atoms with Crippen LogP contribution in [0.15, 0.2) is 53.7 Å². The fourth-order valence-corrected chi connectivity index (χ4v) is 5.16. The molecule has 0 fully saturated rings. The summed E-state index contributed by atoms with van der Waals surface area (Å²) in [5.41, 5.74) is 3.73. The highest BCUT2D eigenvalue weighted by molar-refractivity contribution is 6.35. The average molecular weight is 443 g/mol. The first-order valence-electron chi connectivity index (χ1n) is 9.94. The van der Waals surface area contributed by atoms with E-state index in [1.807, 2.05) is 37.4 Å². The molecular weight excluding hydrogens is 419 g/mol. The second-order valence-electron chi connectivity index (χ2n) is 8.81. The SMILES string of the molecule is CC(=O)N1c2ccccc2N(C)C2=C(C(=O)CC(C)(C)C2)C1c1ccc(Cl)cc1Cl. The maximum absolute atomic E-state index is 13.5. The van der Waals surface area contributed by atoms with Crippen molar-refractivity contribution >= 4 is 46.3 Å². The quantitative estimate of drug-likeness (QED) is 0.529. The highest BCUT2D eigenvalue weighted by Crippen LogP contribution is 2.51. The van der Waals surface area contributed by atoms with Crippen molar-refractivity contribution < 1.29 is 9.59 Å². The molecule has 156 valence electrons. The number of Topliss-reactive ketones (excluding diaryl/α,β-unsaturated/α-hetero) is 1. The molecule has 0 spiro atoms. The number of benzene rings is 2. The Bertz CT molecular complexity index is 1090. The Balaban J connectivity index is 2.08. The minimum absolute atomic E-state index is 0.0446. The number of halogens is 2. The molecular formula is C24H24Cl2N2O2. The summed E-state index contributed by atoms with van der Waals surface area (Å²) >= 11 is 12.8. The lowest BCUT2D eigenvalue weighted by atomic mass is 9.73. The van der Waals surface area contributed by atoms with Crippen LogP contribution in [0.25, 0.3) is 0 Å². The van der Waals surface area contributed by atoms with E-state index in [1.165, 1.54) is 6.92 Å². The second-order valence-corrected chi connectivity index (χ2v) is 9.65. The van der Waals surface area contributed by atoms with Gasteiger partial charge in [0.05, 0.1) is 17.4 Å². The number of ketones is 1. The van der Waals surface area contributed by atoms with Gasteiger partial charge >= 0.3 is 0 Å². The van der Waals surface area contributed by atoms with Gasteiger partial charge in [-0.2, -0.15) is 0 Å². The van der Waals surface area contributed by atoms with E-state index in [0.717, 1.165) is 23.5 Å². The molecule has 1 heterocycles. The second kappa shape index (κ2) is 7.44. The smallest absolute Gasteiger partial charge is 0.224 e. The summed E-state index contributed by atoms with van der Waals surface area (Å²) < 4.78 is 0. The summed E-state index contributed by atoms with van der Waals surface area (Å²) in [6, 6.07) is 12.4. The molecule has 4 rings (SSSR count). The van der Waals surface area contributed by atoms with Crippen molar-refractivity contribution in [2.24, 2.45) is 5.41 Å². The summed E-state index contributed by atoms with van der Waals surface area (Å²) in [5, 5.41) is 0.944. The van der Waals surface area contributed by atoms with Crippen LogP contribution < -0.4 is 9.80 Å². The van der Waals surface area contributed by atoms with E-state index in [0.29, 0.717) is 27.6 Å². The third-order valence-corrected chi connectivity index (χ3v) is 6.49. The van der Waals surface area contributed by atoms with Crippen LogP contribution in [0.2, 0.25) is 10.0 Å². The van der Waals surface area contributed by atoms with Gasteiger partial charge < -0.3 is 4.90 Å². The molecule has 1 aliphatic heterocycles. The van der Waals surface area contributed by atoms with Crippen molar-refractivity contribution in [1.82, 2.24) is 0 Å². The lowest BCUT2D eigenvalue weighted by Gasteiger charge is -2.38. The maximum Gasteiger partial charge on any atom is 0.224 e. The number of carbonyl (C=O) groups excluding carboxylic acids is 2. The predicted octanol–water partition coefficient (Wildman–Crippen LogP) is 6.18. The molecule has 2 aromatic rings. The number of rotatable bonds is 1. The molecule has 2 aromatic carbocycles. The zero-order chi connectivity index (χ0) is 21.8. The number of anilines is 2. The van der Waals surface area contributed by atoms with Crippen LogP contribution in [0.4, 0.5) is 11.4 Å². The van der Waals surface area contributed by atoms with E-state index in [1.54, 1.807) is 17.0 Å². The Hall–Kier alpha value is -2.30. The molecule has 0 saturated heterocycles. The summed E-state index contributed by atoms with van der Waals surface area (Å²) in [5.74, 6) is -0.110. The summed E-state index contributed by atoms with van der Waals surface area (Å²) in [7, 11) is 1.97. The largest absolute Gasteiger partial charge is 0.346 e. The highest BCUT2D eigenvalue weighted by atomic mass is 35.5. The van der Waals surface area contributed by atoms with E-state index in [-0.39, 0.29) is 17.1 Å². The molecule has 0 aromatic heterocycles. The Morgan fingerprint density at radius 1 is 1.07 bits per heavy atom. The van der Waals surface area contributed by atoms with E-state index in [4.69, 9.17) is 23.2 Å². The first kappa shape index (κ1) is 21.0. The van der Waals surface area contributed by atoms with E-state index in [2.05, 4.69) is 18.7 Å². The van der Waals surface area contributed by atoms with Crippen molar-refractivity contribution in [2.45, 2.75) is 39.7 Å². The van der Waals surface area contributed by atoms with Crippen LogP contribution in [0.3, 0.4) is 0 Å². The molecule has 0 saturated carbocycles. The number of hydrogen-bond acceptors (Lipinski definition) is 3. The normalized spacial score (nSPS) is 20.6. The standard InChI is InChI=1S/C24H24Cl2N2O2/c1-14(29)28-19-8-6-5-7-18(19)27(4)20-12-24(2,3)13-21(30)22(20)23(28)16-10-9-15(25)11-17(16)26/h5-11,23H,12-13H2,1-4H3. The summed E-state index contributed by atoms with van der Waals surface area (Å²) in [6.45, 7) is 5.73. The molecule has 30 heavy (non-hydrogen) atoms. The van der Waals surface area contributed by atoms with Crippen molar-refractivity contribution in [1.29, 1.82) is 0 Å². The maximum atomic E-state index is 13.5. The molecule has 1 unspecified atom stereocenters. The minimum Gasteiger partial charge on any atom is -0.346 e. The van der Waals surface area contributed by atoms with Crippen molar-refractivity contribution in [2.75, 3.05) is 16.8 Å². The Morgan fingerprint density at radius 2 is 1.73 bits per heavy atom. The Morgan fingerprint density at radius 3 is 2.37 bits per heavy atom. The van der Waals surface area contributed by atoms with Crippen LogP contribution in [0.1, 0.15) is 45.2 Å². The Labute approximate surface area is 187 Å². The lowest BCUT2D eigenvalue weighted by Crippen LogP contribution is -2.39. The number of amides is 1. The zero-order valence-corrected chi connectivity index (χ0v) is 19.0. The molecule has 1 aliphatic carbocycles. The number of allylic oxidation sites excluding steroid dienone is 1. The van der Waals surface area contributed by atoms with Crippen LogP contribution in [-0.2, 0) is 9.59 Å². The summed E-state index contributed by atoms with van der Waals surface area (Å²) in [6.07, 6.45) is 1.15. The monoisotopic (exact) mass is 442 g/mol. The van der Waals surface area contributed by atoms with Crippen LogP contribution >= 0.6 is 23.2 Å². The first-order valence-corrected chi connectivity index (χ1v) is 10.7. The number of carbonyl (C=O) groups is 2. The van der Waals surface area contributed by atoms with E-state index < -0.39 is 6.04 Å². The lowest BCUT2D eigenvalue weighted by molar-refractivity contribution is -0.118. The molecule has 1 amide bonds. The highest BCUT2D eigenvalue weighted by Gasteiger charge is 2.44. The van der Waals surface area contributed by atoms with Gasteiger partial charge in [-0.3, -0.25) is 14.5 Å². The van der Waals surface area contributed by atoms with Gasteiger partial charge in [0.1, 0.15) is 0 Å². The predicted molar refractivity (Wildman–Crippen MR) is 122 cm³/mol. The summed E-state index contributed by atoms with van der Waals surface area (Å²) in [4.78, 5) is 30.3. The number of nitrogens with zero attached hydrogens (tertiary/aromatic N) is 2. The molecule has 0 bridgehead atoms. The van der Waals surface area contributed by atoms with Gasteiger partial charge in [-0.05, 0) is 41.7 Å². The molecule has 2 aliphatic rings. The number of fused-ring (bicyclic) bond motifs is 1. The molecule has 1 atom stereocenters. The van der Waals surface area contributed by atoms with Crippen LogP contribution in [-0.4, -0.2) is 18.7 Å². The molecule has 4 nitrogen and oxygen atoms in total. The number of para-hydroxylation sites is 2. The fourth-order valence-electron chi connectivity index (χ4n) is 4.65. The zero-order valence-electron chi connectivity index (χ0n) is 17.5. The molecule has 0 radical (unpaired) electrons. The van der Waals surface area contributed by atoms with Gasteiger partial charge in [-0.15, -0.1) is 0 Å². The van der Waals surface area contributed by atoms with Gasteiger partial charge in [0.2, 0.25) is 5.91 Å². The van der Waals surface area contributed by atoms with E-state index in [9.17, 15) is 9.59 Å². The fraction of sp³-hybridized carbons (Fsp3) is 0.333. The Kier molecular flexibility index (Phi) is 5.19. The topological polar surface area (TPSA) is 40.6 Å². The van der Waals surface area contributed by atoms with Gasteiger partial charge in [0.15, 0.2) is 5.78 Å². The van der Waals surface area contributed by atoms with Gasteiger partial charge in [-0.1, -0.05) is 55.2 Å². The van der Waals surface area contributed by atoms with Gasteiger partial charge in [-0.25, -0.2) is 0 Å². The molecule has 0 N–H and O–H groups in total. The number of hydrogen-bond donors (Lipinski definition) is 0. The minimum atomic E-state index is -0.614. The third kappa shape index (κ3) is 3.42. The van der Waals surface area contributed by atoms with Crippen molar-refractivity contribution in [3.8, 4) is 0 Å². The van der Waals surface area contributed by atoms with Crippen molar-refractivity contribution in [3.63, 3.8) is 0 Å². The van der Waals surface area contributed by atoms with Crippen LogP contribution in [0.5, 0.6) is 0 Å². The van der Waals surface area contributed by atoms with Gasteiger partial charge in [0.25, 0.3) is 0 Å². The molecule has 6 heteroatoms. The van der Waals surface area contributed by atoms with Crippen LogP contribution in [0, 0.1) is 5.41 Å². The van der Waals surface area contributed by atoms with Crippen molar-refractivity contribution in [3.05, 3.63) is 69.3 Å².